The smallest absolute Gasteiger partial charge is 0.170 e. The molecule has 0 amide bonds. The van der Waals surface area contributed by atoms with E-state index in [4.69, 9.17) is 10.9 Å². The van der Waals surface area contributed by atoms with Crippen LogP contribution in [-0.4, -0.2) is 28.1 Å². The Bertz CT molecular complexity index is 611. The van der Waals surface area contributed by atoms with Gasteiger partial charge in [0.1, 0.15) is 11.6 Å². The Balaban J connectivity index is 2.36. The zero-order valence-electron chi connectivity index (χ0n) is 10.8. The molecule has 1 aromatic carbocycles. The fraction of sp³-hybridized carbons (Fsp3) is 0.154. The van der Waals surface area contributed by atoms with Crippen LogP contribution < -0.4 is 10.6 Å². The molecule has 1 heterocycles. The number of nitrogens with two attached hydrogens (primary N) is 1. The van der Waals surface area contributed by atoms with Crippen LogP contribution in [0, 0.1) is 6.92 Å². The number of anilines is 2. The van der Waals surface area contributed by atoms with E-state index in [1.807, 2.05) is 43.1 Å². The van der Waals surface area contributed by atoms with Crippen molar-refractivity contribution in [2.45, 2.75) is 6.92 Å². The van der Waals surface area contributed by atoms with Crippen LogP contribution in [0.15, 0.2) is 41.7 Å². The lowest BCUT2D eigenvalue weighted by Crippen LogP contribution is -2.16. The van der Waals surface area contributed by atoms with Crippen LogP contribution in [-0.2, 0) is 0 Å². The molecule has 0 spiro atoms. The van der Waals surface area contributed by atoms with Crippen molar-refractivity contribution in [3.05, 3.63) is 47.9 Å². The van der Waals surface area contributed by atoms with Crippen molar-refractivity contribution in [1.82, 2.24) is 9.97 Å². The van der Waals surface area contributed by atoms with Gasteiger partial charge in [0.15, 0.2) is 5.84 Å². The third-order valence-electron chi connectivity index (χ3n) is 2.74. The third kappa shape index (κ3) is 2.79. The van der Waals surface area contributed by atoms with E-state index in [-0.39, 0.29) is 5.84 Å². The molecule has 0 unspecified atom stereocenters. The summed E-state index contributed by atoms with van der Waals surface area (Å²) >= 11 is 0. The van der Waals surface area contributed by atoms with E-state index in [0.29, 0.717) is 11.4 Å². The van der Waals surface area contributed by atoms with Crippen LogP contribution in [0.2, 0.25) is 0 Å². The summed E-state index contributed by atoms with van der Waals surface area (Å²) in [5.41, 5.74) is 7.12. The average Bonchev–Trinajstić information content (AvgIpc) is 2.45. The first kappa shape index (κ1) is 12.8. The standard InChI is InChI=1S/C13H15N5O/c1-9-15-7-6-12(16-9)18(2)11-5-3-4-10(8-11)13(14)17-19/h3-8,19H,1-2H3,(H2,14,17). The summed E-state index contributed by atoms with van der Waals surface area (Å²) in [6.07, 6.45) is 1.71. The minimum Gasteiger partial charge on any atom is -0.409 e. The Morgan fingerprint density at radius 2 is 2.16 bits per heavy atom. The predicted molar refractivity (Wildman–Crippen MR) is 73.8 cm³/mol. The number of benzene rings is 1. The van der Waals surface area contributed by atoms with Gasteiger partial charge in [-0.25, -0.2) is 9.97 Å². The summed E-state index contributed by atoms with van der Waals surface area (Å²) in [4.78, 5) is 10.3. The molecule has 3 N–H and O–H groups in total. The highest BCUT2D eigenvalue weighted by Crippen LogP contribution is 2.22. The first-order valence-electron chi connectivity index (χ1n) is 5.73. The zero-order chi connectivity index (χ0) is 13.8. The van der Waals surface area contributed by atoms with Gasteiger partial charge < -0.3 is 15.8 Å². The molecule has 2 aromatic rings. The van der Waals surface area contributed by atoms with Crippen molar-refractivity contribution in [3.63, 3.8) is 0 Å². The number of rotatable bonds is 3. The third-order valence-corrected chi connectivity index (χ3v) is 2.74. The number of aryl methyl sites for hydroxylation is 1. The van der Waals surface area contributed by atoms with Crippen LogP contribution in [0.4, 0.5) is 11.5 Å². The van der Waals surface area contributed by atoms with E-state index in [2.05, 4.69) is 15.1 Å². The highest BCUT2D eigenvalue weighted by Gasteiger charge is 2.08. The number of hydrogen-bond acceptors (Lipinski definition) is 5. The fourth-order valence-electron chi connectivity index (χ4n) is 1.69. The molecule has 2 rings (SSSR count). The Labute approximate surface area is 111 Å². The lowest BCUT2D eigenvalue weighted by atomic mass is 10.2. The van der Waals surface area contributed by atoms with E-state index in [0.717, 1.165) is 11.5 Å². The molecule has 0 aliphatic carbocycles. The van der Waals surface area contributed by atoms with Gasteiger partial charge in [-0.2, -0.15) is 0 Å². The van der Waals surface area contributed by atoms with Gasteiger partial charge in [-0.15, -0.1) is 0 Å². The number of hydrogen-bond donors (Lipinski definition) is 2. The van der Waals surface area contributed by atoms with Crippen molar-refractivity contribution in [2.24, 2.45) is 10.9 Å². The van der Waals surface area contributed by atoms with Crippen molar-refractivity contribution in [1.29, 1.82) is 0 Å². The molecule has 1 aromatic heterocycles. The van der Waals surface area contributed by atoms with E-state index in [9.17, 15) is 0 Å². The van der Waals surface area contributed by atoms with Crippen LogP contribution in [0.1, 0.15) is 11.4 Å². The van der Waals surface area contributed by atoms with Gasteiger partial charge in [-0.3, -0.25) is 0 Å². The van der Waals surface area contributed by atoms with E-state index in [1.165, 1.54) is 0 Å². The second kappa shape index (κ2) is 5.34. The Kier molecular flexibility index (Phi) is 3.61. The average molecular weight is 257 g/mol. The molecule has 0 radical (unpaired) electrons. The highest BCUT2D eigenvalue weighted by atomic mass is 16.4. The van der Waals surface area contributed by atoms with Crippen molar-refractivity contribution >= 4 is 17.3 Å². The van der Waals surface area contributed by atoms with Crippen LogP contribution in [0.3, 0.4) is 0 Å². The molecule has 0 aliphatic rings. The molecule has 98 valence electrons. The lowest BCUT2D eigenvalue weighted by Gasteiger charge is -2.19. The maximum absolute atomic E-state index is 8.70. The number of oxime groups is 1. The summed E-state index contributed by atoms with van der Waals surface area (Å²) in [5, 5.41) is 11.7. The van der Waals surface area contributed by atoms with Gasteiger partial charge in [0, 0.05) is 24.5 Å². The monoisotopic (exact) mass is 257 g/mol. The molecular weight excluding hydrogens is 242 g/mol. The summed E-state index contributed by atoms with van der Waals surface area (Å²) in [6.45, 7) is 1.84. The summed E-state index contributed by atoms with van der Waals surface area (Å²) < 4.78 is 0. The van der Waals surface area contributed by atoms with Gasteiger partial charge in [-0.1, -0.05) is 17.3 Å². The molecule has 6 nitrogen and oxygen atoms in total. The fourth-order valence-corrected chi connectivity index (χ4v) is 1.69. The molecule has 0 bridgehead atoms. The molecular formula is C13H15N5O. The minimum atomic E-state index is 0.0779. The number of nitrogens with zero attached hydrogens (tertiary/aromatic N) is 4. The van der Waals surface area contributed by atoms with Gasteiger partial charge in [0.25, 0.3) is 0 Å². The molecule has 0 atom stereocenters. The Hall–Kier alpha value is -2.63. The summed E-state index contributed by atoms with van der Waals surface area (Å²) in [5.74, 6) is 1.57. The molecule has 0 fully saturated rings. The molecule has 19 heavy (non-hydrogen) atoms. The van der Waals surface area contributed by atoms with E-state index < -0.39 is 0 Å². The Morgan fingerprint density at radius 3 is 2.84 bits per heavy atom. The van der Waals surface area contributed by atoms with Crippen LogP contribution >= 0.6 is 0 Å². The maximum Gasteiger partial charge on any atom is 0.170 e. The molecule has 0 saturated carbocycles. The topological polar surface area (TPSA) is 87.6 Å². The van der Waals surface area contributed by atoms with Crippen LogP contribution in [0.5, 0.6) is 0 Å². The zero-order valence-corrected chi connectivity index (χ0v) is 10.8. The predicted octanol–water partition coefficient (Wildman–Crippen LogP) is 1.65. The first-order valence-corrected chi connectivity index (χ1v) is 5.73. The van der Waals surface area contributed by atoms with Gasteiger partial charge >= 0.3 is 0 Å². The second-order valence-electron chi connectivity index (χ2n) is 4.06. The summed E-state index contributed by atoms with van der Waals surface area (Å²) in [6, 6.07) is 9.19. The number of aromatic nitrogens is 2. The highest BCUT2D eigenvalue weighted by molar-refractivity contribution is 5.97. The second-order valence-corrected chi connectivity index (χ2v) is 4.06. The maximum atomic E-state index is 8.70. The summed E-state index contributed by atoms with van der Waals surface area (Å²) in [7, 11) is 1.90. The first-order chi connectivity index (χ1) is 9.11. The molecule has 0 saturated heterocycles. The Morgan fingerprint density at radius 1 is 1.37 bits per heavy atom. The largest absolute Gasteiger partial charge is 0.409 e. The van der Waals surface area contributed by atoms with Gasteiger partial charge in [0.05, 0.1) is 0 Å². The normalized spacial score (nSPS) is 11.4. The SMILES string of the molecule is Cc1nccc(N(C)c2cccc(C(N)=NO)c2)n1. The number of amidine groups is 1. The quantitative estimate of drug-likeness (QED) is 0.378. The molecule has 6 heteroatoms. The van der Waals surface area contributed by atoms with E-state index >= 15 is 0 Å². The van der Waals surface area contributed by atoms with Gasteiger partial charge in [-0.05, 0) is 25.1 Å². The minimum absolute atomic E-state index is 0.0779. The van der Waals surface area contributed by atoms with Crippen LogP contribution in [0.25, 0.3) is 0 Å². The molecule has 0 aliphatic heterocycles. The van der Waals surface area contributed by atoms with Crippen molar-refractivity contribution in [3.8, 4) is 0 Å². The van der Waals surface area contributed by atoms with E-state index in [1.54, 1.807) is 12.3 Å². The van der Waals surface area contributed by atoms with Crippen molar-refractivity contribution in [2.75, 3.05) is 11.9 Å². The van der Waals surface area contributed by atoms with Crippen molar-refractivity contribution < 1.29 is 5.21 Å². The van der Waals surface area contributed by atoms with Gasteiger partial charge in [0.2, 0.25) is 0 Å². The lowest BCUT2D eigenvalue weighted by molar-refractivity contribution is 0.318.